The fourth-order valence-corrected chi connectivity index (χ4v) is 5.90. The van der Waals surface area contributed by atoms with E-state index in [4.69, 9.17) is 24.2 Å². The van der Waals surface area contributed by atoms with Crippen LogP contribution in [0.2, 0.25) is 0 Å². The van der Waals surface area contributed by atoms with E-state index in [0.717, 1.165) is 72.8 Å². The van der Waals surface area contributed by atoms with Gasteiger partial charge in [0.05, 0.1) is 23.6 Å². The minimum Gasteiger partial charge on any atom is -0.380 e. The molecule has 0 amide bonds. The van der Waals surface area contributed by atoms with Gasteiger partial charge in [-0.25, -0.2) is 9.97 Å². The molecule has 4 aliphatic heterocycles. The molecule has 0 radical (unpaired) electrons. The SMILES string of the molecule is CC1(C)OCc2ccc(Nc3cc(NCc4cccnc4)c(-c4nc(C56CCN(CC5)CC6)no4)cn3)nc21. The Balaban J connectivity index is 1.19. The molecule has 2 N–H and O–H groups in total. The maximum atomic E-state index is 5.89. The molecule has 3 fully saturated rings. The van der Waals surface area contributed by atoms with Gasteiger partial charge in [0.25, 0.3) is 5.89 Å². The molecule has 10 heteroatoms. The molecule has 2 bridgehead atoms. The molecule has 4 aromatic rings. The first-order valence-electron chi connectivity index (χ1n) is 13.6. The molecule has 200 valence electrons. The predicted octanol–water partition coefficient (Wildman–Crippen LogP) is 4.78. The summed E-state index contributed by atoms with van der Waals surface area (Å²) in [6.07, 6.45) is 8.64. The van der Waals surface area contributed by atoms with E-state index in [-0.39, 0.29) is 5.41 Å². The van der Waals surface area contributed by atoms with Gasteiger partial charge in [0.1, 0.15) is 17.2 Å². The lowest BCUT2D eigenvalue weighted by Gasteiger charge is -2.46. The number of piperidine rings is 3. The zero-order valence-electron chi connectivity index (χ0n) is 22.3. The molecule has 10 nitrogen and oxygen atoms in total. The minimum absolute atomic E-state index is 0.0193. The molecule has 0 aromatic carbocycles. The highest BCUT2D eigenvalue weighted by Crippen LogP contribution is 2.42. The number of ether oxygens (including phenoxy) is 1. The predicted molar refractivity (Wildman–Crippen MR) is 146 cm³/mol. The molecule has 0 aliphatic carbocycles. The van der Waals surface area contributed by atoms with E-state index >= 15 is 0 Å². The van der Waals surface area contributed by atoms with Crippen LogP contribution in [0.4, 0.5) is 17.3 Å². The molecule has 4 aromatic heterocycles. The molecule has 0 spiro atoms. The molecule has 8 rings (SSSR count). The highest BCUT2D eigenvalue weighted by atomic mass is 16.5. The van der Waals surface area contributed by atoms with Crippen molar-refractivity contribution in [3.8, 4) is 11.5 Å². The average Bonchev–Trinajstić information content (AvgIpc) is 3.59. The van der Waals surface area contributed by atoms with Gasteiger partial charge in [-0.15, -0.1) is 0 Å². The Morgan fingerprint density at radius 3 is 2.64 bits per heavy atom. The van der Waals surface area contributed by atoms with E-state index in [0.29, 0.717) is 30.7 Å². The first-order chi connectivity index (χ1) is 19.0. The number of hydrogen-bond acceptors (Lipinski definition) is 10. The minimum atomic E-state index is -0.412. The summed E-state index contributed by atoms with van der Waals surface area (Å²) in [5, 5.41) is 11.4. The van der Waals surface area contributed by atoms with Crippen LogP contribution in [-0.4, -0.2) is 49.6 Å². The topological polar surface area (TPSA) is 114 Å². The third-order valence-corrected chi connectivity index (χ3v) is 8.35. The molecule has 39 heavy (non-hydrogen) atoms. The zero-order valence-corrected chi connectivity index (χ0v) is 22.3. The van der Waals surface area contributed by atoms with Crippen molar-refractivity contribution in [3.05, 3.63) is 71.6 Å². The molecule has 3 saturated heterocycles. The van der Waals surface area contributed by atoms with Gasteiger partial charge in [-0.05, 0) is 70.4 Å². The van der Waals surface area contributed by atoms with Crippen LogP contribution in [0, 0.1) is 0 Å². The Morgan fingerprint density at radius 1 is 1.00 bits per heavy atom. The van der Waals surface area contributed by atoms with Crippen molar-refractivity contribution in [1.29, 1.82) is 0 Å². The summed E-state index contributed by atoms with van der Waals surface area (Å²) in [4.78, 5) is 21.2. The van der Waals surface area contributed by atoms with E-state index in [1.54, 1.807) is 12.4 Å². The highest BCUT2D eigenvalue weighted by molar-refractivity contribution is 5.75. The summed E-state index contributed by atoms with van der Waals surface area (Å²) >= 11 is 0. The molecule has 0 saturated carbocycles. The number of rotatable bonds is 7. The van der Waals surface area contributed by atoms with Crippen molar-refractivity contribution in [2.45, 2.75) is 57.3 Å². The van der Waals surface area contributed by atoms with E-state index in [2.05, 4.69) is 31.7 Å². The monoisotopic (exact) mass is 524 g/mol. The van der Waals surface area contributed by atoms with E-state index in [1.807, 2.05) is 44.3 Å². The van der Waals surface area contributed by atoms with E-state index in [1.165, 1.54) is 0 Å². The van der Waals surface area contributed by atoms with Crippen LogP contribution in [0.3, 0.4) is 0 Å². The normalized spacial score (nSPS) is 23.0. The highest BCUT2D eigenvalue weighted by Gasteiger charge is 2.44. The third kappa shape index (κ3) is 4.53. The van der Waals surface area contributed by atoms with E-state index in [9.17, 15) is 0 Å². The second-order valence-corrected chi connectivity index (χ2v) is 11.3. The first-order valence-corrected chi connectivity index (χ1v) is 13.6. The fraction of sp³-hybridized carbons (Fsp3) is 0.414. The lowest BCUT2D eigenvalue weighted by atomic mass is 9.71. The van der Waals surface area contributed by atoms with E-state index < -0.39 is 5.60 Å². The molecule has 0 unspecified atom stereocenters. The summed E-state index contributed by atoms with van der Waals surface area (Å²) in [7, 11) is 0. The maximum Gasteiger partial charge on any atom is 0.261 e. The average molecular weight is 525 g/mol. The third-order valence-electron chi connectivity index (χ3n) is 8.35. The van der Waals surface area contributed by atoms with Crippen LogP contribution < -0.4 is 10.6 Å². The largest absolute Gasteiger partial charge is 0.380 e. The summed E-state index contributed by atoms with van der Waals surface area (Å²) < 4.78 is 11.7. The summed E-state index contributed by atoms with van der Waals surface area (Å²) in [6, 6.07) is 9.95. The van der Waals surface area contributed by atoms with Crippen LogP contribution in [0.5, 0.6) is 0 Å². The lowest BCUT2D eigenvalue weighted by Crippen LogP contribution is -2.51. The van der Waals surface area contributed by atoms with Gasteiger partial charge in [0, 0.05) is 42.2 Å². The molecule has 8 heterocycles. The number of anilines is 3. The van der Waals surface area contributed by atoms with Gasteiger partial charge in [-0.1, -0.05) is 17.3 Å². The van der Waals surface area contributed by atoms with Crippen molar-refractivity contribution >= 4 is 17.3 Å². The van der Waals surface area contributed by atoms with Crippen molar-refractivity contribution < 1.29 is 9.26 Å². The number of pyridine rings is 3. The van der Waals surface area contributed by atoms with Gasteiger partial charge in [0.2, 0.25) is 0 Å². The Labute approximate surface area is 227 Å². The Morgan fingerprint density at radius 2 is 1.85 bits per heavy atom. The number of aromatic nitrogens is 5. The summed E-state index contributed by atoms with van der Waals surface area (Å²) in [5.74, 6) is 2.68. The first kappa shape index (κ1) is 24.2. The van der Waals surface area contributed by atoms with Gasteiger partial charge in [0.15, 0.2) is 5.82 Å². The van der Waals surface area contributed by atoms with Gasteiger partial charge >= 0.3 is 0 Å². The quantitative estimate of drug-likeness (QED) is 0.350. The van der Waals surface area contributed by atoms with Crippen LogP contribution in [-0.2, 0) is 28.9 Å². The van der Waals surface area contributed by atoms with Crippen molar-refractivity contribution in [3.63, 3.8) is 0 Å². The number of nitrogens with zero attached hydrogens (tertiary/aromatic N) is 6. The second kappa shape index (κ2) is 9.39. The van der Waals surface area contributed by atoms with Crippen LogP contribution in [0.1, 0.15) is 55.8 Å². The maximum absolute atomic E-state index is 5.89. The molecule has 4 aliphatic rings. The van der Waals surface area contributed by atoms with Gasteiger partial charge in [-0.3, -0.25) is 4.98 Å². The molecule has 0 atom stereocenters. The number of hydrogen-bond donors (Lipinski definition) is 2. The Hall–Kier alpha value is -3.89. The van der Waals surface area contributed by atoms with Crippen LogP contribution in [0.25, 0.3) is 11.5 Å². The van der Waals surface area contributed by atoms with Crippen molar-refractivity contribution in [1.82, 2.24) is 30.0 Å². The van der Waals surface area contributed by atoms with Crippen LogP contribution >= 0.6 is 0 Å². The van der Waals surface area contributed by atoms with Crippen molar-refractivity contribution in [2.75, 3.05) is 30.3 Å². The smallest absolute Gasteiger partial charge is 0.261 e. The van der Waals surface area contributed by atoms with Crippen molar-refractivity contribution in [2.24, 2.45) is 0 Å². The van der Waals surface area contributed by atoms with Gasteiger partial charge < -0.3 is 24.8 Å². The second-order valence-electron chi connectivity index (χ2n) is 11.3. The summed E-state index contributed by atoms with van der Waals surface area (Å²) in [5.41, 5.74) is 4.34. The lowest BCUT2D eigenvalue weighted by molar-refractivity contribution is -0.0100. The van der Waals surface area contributed by atoms with Gasteiger partial charge in [-0.2, -0.15) is 4.98 Å². The Kier molecular flexibility index (Phi) is 5.82. The van der Waals surface area contributed by atoms with Crippen LogP contribution in [0.15, 0.2) is 53.4 Å². The molecular weight excluding hydrogens is 492 g/mol. The molecular formula is C29H32N8O2. The standard InChI is InChI=1S/C29H32N8O2/c1-28(2)25-20(18-38-28)5-6-23(34-25)33-24-14-22(31-16-19-4-3-10-30-15-19)21(17-32-24)26-35-27(36-39-26)29-7-11-37(12-8-29)13-9-29/h3-6,10,14-15,17H,7-9,11-13,16,18H2,1-2H3,(H2,31,32,33,34). The Bertz CT molecular complexity index is 1480. The number of fused-ring (bicyclic) bond motifs is 4. The fourth-order valence-electron chi connectivity index (χ4n) is 5.90. The summed E-state index contributed by atoms with van der Waals surface area (Å²) in [6.45, 7) is 8.55. The number of nitrogens with one attached hydrogen (secondary N) is 2. The zero-order chi connectivity index (χ0) is 26.5.